The van der Waals surface area contributed by atoms with Crippen LogP contribution in [0.1, 0.15) is 24.2 Å². The normalized spacial score (nSPS) is 14.1. The number of benzene rings is 1. The Labute approximate surface area is 87.7 Å². The Bertz CT molecular complexity index is 333. The highest BCUT2D eigenvalue weighted by atomic mass is 79.9. The summed E-state index contributed by atoms with van der Waals surface area (Å²) in [6, 6.07) is 3.69. The largest absolute Gasteiger partial charge is 0.416 e. The maximum atomic E-state index is 12.5. The predicted octanol–water partition coefficient (Wildman–Crippen LogP) is 3.52. The summed E-state index contributed by atoms with van der Waals surface area (Å²) in [7, 11) is 0. The van der Waals surface area contributed by atoms with Crippen molar-refractivity contribution in [1.82, 2.24) is 0 Å². The first-order valence-corrected chi connectivity index (χ1v) is 4.66. The van der Waals surface area contributed by atoms with Gasteiger partial charge < -0.3 is 5.11 Å². The van der Waals surface area contributed by atoms with Crippen LogP contribution in [0.5, 0.6) is 0 Å². The summed E-state index contributed by atoms with van der Waals surface area (Å²) in [5, 5.41) is 9.14. The van der Waals surface area contributed by atoms with Gasteiger partial charge in [0.2, 0.25) is 0 Å². The van der Waals surface area contributed by atoms with Gasteiger partial charge in [0.1, 0.15) is 0 Å². The molecule has 0 saturated carbocycles. The van der Waals surface area contributed by atoms with E-state index in [0.29, 0.717) is 4.47 Å². The van der Waals surface area contributed by atoms with Gasteiger partial charge in [-0.2, -0.15) is 13.2 Å². The molecule has 1 unspecified atom stereocenters. The highest BCUT2D eigenvalue weighted by Crippen LogP contribution is 2.36. The molecule has 0 aliphatic heterocycles. The Morgan fingerprint density at radius 3 is 2.36 bits per heavy atom. The topological polar surface area (TPSA) is 20.2 Å². The first kappa shape index (κ1) is 11.5. The van der Waals surface area contributed by atoms with Crippen LogP contribution >= 0.6 is 15.9 Å². The van der Waals surface area contributed by atoms with Gasteiger partial charge in [-0.3, -0.25) is 0 Å². The molecule has 0 aromatic heterocycles. The number of aliphatic hydroxyl groups excluding tert-OH is 1. The highest BCUT2D eigenvalue weighted by molar-refractivity contribution is 9.10. The lowest BCUT2D eigenvalue weighted by atomic mass is 10.0. The van der Waals surface area contributed by atoms with Crippen molar-refractivity contribution in [1.29, 1.82) is 0 Å². The molecule has 1 nitrogen and oxygen atoms in total. The van der Waals surface area contributed by atoms with Gasteiger partial charge in [-0.15, -0.1) is 0 Å². The maximum absolute atomic E-state index is 12.5. The number of halogens is 4. The van der Waals surface area contributed by atoms with E-state index in [4.69, 9.17) is 5.11 Å². The fraction of sp³-hybridized carbons (Fsp3) is 0.333. The van der Waals surface area contributed by atoms with E-state index in [0.717, 1.165) is 6.07 Å². The molecule has 14 heavy (non-hydrogen) atoms. The molecular formula is C9H8BrF3O. The van der Waals surface area contributed by atoms with Crippen molar-refractivity contribution < 1.29 is 18.3 Å². The Balaban J connectivity index is 3.30. The Morgan fingerprint density at radius 2 is 1.93 bits per heavy atom. The molecule has 0 bridgehead atoms. The van der Waals surface area contributed by atoms with Gasteiger partial charge in [-0.1, -0.05) is 22.0 Å². The lowest BCUT2D eigenvalue weighted by Crippen LogP contribution is -2.10. The van der Waals surface area contributed by atoms with Crippen molar-refractivity contribution in [2.75, 3.05) is 0 Å². The lowest BCUT2D eigenvalue weighted by Gasteiger charge is -2.14. The lowest BCUT2D eigenvalue weighted by molar-refractivity contribution is -0.139. The van der Waals surface area contributed by atoms with E-state index in [1.807, 2.05) is 0 Å². The summed E-state index contributed by atoms with van der Waals surface area (Å²) in [6.07, 6.45) is -5.56. The Hall–Kier alpha value is -0.550. The maximum Gasteiger partial charge on any atom is 0.416 e. The smallest absolute Gasteiger partial charge is 0.389 e. The SMILES string of the molecule is CC(O)c1ccc(Br)cc1C(F)(F)F. The molecule has 0 spiro atoms. The molecule has 0 aliphatic rings. The van der Waals surface area contributed by atoms with E-state index < -0.39 is 17.8 Å². The van der Waals surface area contributed by atoms with Crippen LogP contribution in [0.3, 0.4) is 0 Å². The number of hydrogen-bond donors (Lipinski definition) is 1. The number of rotatable bonds is 1. The van der Waals surface area contributed by atoms with Crippen molar-refractivity contribution in [2.45, 2.75) is 19.2 Å². The standard InChI is InChI=1S/C9H8BrF3O/c1-5(14)7-3-2-6(10)4-8(7)9(11,12)13/h2-5,14H,1H3. The van der Waals surface area contributed by atoms with Crippen molar-refractivity contribution >= 4 is 15.9 Å². The summed E-state index contributed by atoms with van der Waals surface area (Å²) in [5.74, 6) is 0. The highest BCUT2D eigenvalue weighted by Gasteiger charge is 2.34. The third-order valence-corrected chi connectivity index (χ3v) is 2.26. The van der Waals surface area contributed by atoms with E-state index in [1.54, 1.807) is 0 Å². The summed E-state index contributed by atoms with van der Waals surface area (Å²) in [6.45, 7) is 1.30. The molecular weight excluding hydrogens is 261 g/mol. The average Bonchev–Trinajstić information content (AvgIpc) is 2.01. The number of hydrogen-bond acceptors (Lipinski definition) is 1. The predicted molar refractivity (Wildman–Crippen MR) is 49.8 cm³/mol. The zero-order chi connectivity index (χ0) is 10.9. The van der Waals surface area contributed by atoms with Crippen molar-refractivity contribution in [3.8, 4) is 0 Å². The van der Waals surface area contributed by atoms with E-state index in [2.05, 4.69) is 15.9 Å². The molecule has 0 radical (unpaired) electrons. The van der Waals surface area contributed by atoms with Gasteiger partial charge in [0.05, 0.1) is 11.7 Å². The fourth-order valence-electron chi connectivity index (χ4n) is 1.14. The summed E-state index contributed by atoms with van der Waals surface area (Å²) in [4.78, 5) is 0. The molecule has 78 valence electrons. The summed E-state index contributed by atoms with van der Waals surface area (Å²) < 4.78 is 37.7. The molecule has 1 rings (SSSR count). The second-order valence-electron chi connectivity index (χ2n) is 2.91. The minimum atomic E-state index is -4.43. The van der Waals surface area contributed by atoms with Crippen LogP contribution in [0.4, 0.5) is 13.2 Å². The van der Waals surface area contributed by atoms with Crippen LogP contribution in [0.15, 0.2) is 22.7 Å². The van der Waals surface area contributed by atoms with Crippen LogP contribution in [-0.4, -0.2) is 5.11 Å². The minimum absolute atomic E-state index is 0.110. The van der Waals surface area contributed by atoms with Gasteiger partial charge in [0.15, 0.2) is 0 Å². The quantitative estimate of drug-likeness (QED) is 0.827. The van der Waals surface area contributed by atoms with Crippen molar-refractivity contribution in [3.63, 3.8) is 0 Å². The van der Waals surface area contributed by atoms with Crippen LogP contribution in [0.2, 0.25) is 0 Å². The van der Waals surface area contributed by atoms with Crippen LogP contribution in [0.25, 0.3) is 0 Å². The monoisotopic (exact) mass is 268 g/mol. The summed E-state index contributed by atoms with van der Waals surface area (Å²) in [5.41, 5.74) is -0.914. The molecule has 1 aromatic rings. The molecule has 5 heteroatoms. The van der Waals surface area contributed by atoms with Crippen molar-refractivity contribution in [3.05, 3.63) is 33.8 Å². The average molecular weight is 269 g/mol. The minimum Gasteiger partial charge on any atom is -0.389 e. The number of alkyl halides is 3. The molecule has 0 fully saturated rings. The van der Waals surface area contributed by atoms with Crippen LogP contribution < -0.4 is 0 Å². The molecule has 0 saturated heterocycles. The van der Waals surface area contributed by atoms with Gasteiger partial charge in [0, 0.05) is 4.47 Å². The summed E-state index contributed by atoms with van der Waals surface area (Å²) >= 11 is 2.96. The Kier molecular flexibility index (Phi) is 3.21. The van der Waals surface area contributed by atoms with Gasteiger partial charge in [-0.25, -0.2) is 0 Å². The molecule has 0 heterocycles. The second-order valence-corrected chi connectivity index (χ2v) is 3.82. The second kappa shape index (κ2) is 3.90. The zero-order valence-electron chi connectivity index (χ0n) is 7.27. The van der Waals surface area contributed by atoms with Gasteiger partial charge in [-0.05, 0) is 24.6 Å². The first-order valence-electron chi connectivity index (χ1n) is 3.87. The molecule has 0 amide bonds. The van der Waals surface area contributed by atoms with Gasteiger partial charge in [0.25, 0.3) is 0 Å². The molecule has 1 aromatic carbocycles. The van der Waals surface area contributed by atoms with Crippen LogP contribution in [-0.2, 0) is 6.18 Å². The molecule has 0 aliphatic carbocycles. The van der Waals surface area contributed by atoms with Crippen LogP contribution in [0, 0.1) is 0 Å². The van der Waals surface area contributed by atoms with E-state index in [1.165, 1.54) is 19.1 Å². The van der Waals surface area contributed by atoms with E-state index >= 15 is 0 Å². The molecule has 1 N–H and O–H groups in total. The van der Waals surface area contributed by atoms with E-state index in [9.17, 15) is 13.2 Å². The Morgan fingerprint density at radius 1 is 1.36 bits per heavy atom. The number of aliphatic hydroxyl groups is 1. The molecule has 1 atom stereocenters. The third-order valence-electron chi connectivity index (χ3n) is 1.77. The first-order chi connectivity index (χ1) is 6.32. The van der Waals surface area contributed by atoms with Crippen molar-refractivity contribution in [2.24, 2.45) is 0 Å². The van der Waals surface area contributed by atoms with E-state index in [-0.39, 0.29) is 5.56 Å². The third kappa shape index (κ3) is 2.48. The fourth-order valence-corrected chi connectivity index (χ4v) is 1.50. The zero-order valence-corrected chi connectivity index (χ0v) is 8.85. The van der Waals surface area contributed by atoms with Gasteiger partial charge >= 0.3 is 6.18 Å².